The standard InChI is InChI=1S/C13H18N2O2/c14-10-4-5-12(11(8-10)13(16)17)15-7-6-9-2-1-3-9/h4-5,8-9,15H,1-3,6-7,14H2,(H,16,17). The number of nitrogen functional groups attached to an aromatic ring is 1. The number of carboxylic acids is 1. The number of carboxylic acid groups (broad SMARTS) is 1. The lowest BCUT2D eigenvalue weighted by Crippen LogP contribution is -2.16. The summed E-state index contributed by atoms with van der Waals surface area (Å²) in [6, 6.07) is 4.95. The van der Waals surface area contributed by atoms with Crippen LogP contribution in [0.1, 0.15) is 36.0 Å². The first-order chi connectivity index (χ1) is 8.16. The normalized spacial score (nSPS) is 15.3. The van der Waals surface area contributed by atoms with Crippen molar-refractivity contribution in [1.82, 2.24) is 0 Å². The van der Waals surface area contributed by atoms with E-state index in [4.69, 9.17) is 10.8 Å². The highest BCUT2D eigenvalue weighted by Crippen LogP contribution is 2.29. The summed E-state index contributed by atoms with van der Waals surface area (Å²) >= 11 is 0. The van der Waals surface area contributed by atoms with Crippen LogP contribution in [0.4, 0.5) is 11.4 Å². The number of nitrogens with one attached hydrogen (secondary N) is 1. The summed E-state index contributed by atoms with van der Waals surface area (Å²) in [6.07, 6.45) is 5.08. The van der Waals surface area contributed by atoms with Gasteiger partial charge in [-0.2, -0.15) is 0 Å². The minimum absolute atomic E-state index is 0.249. The summed E-state index contributed by atoms with van der Waals surface area (Å²) < 4.78 is 0. The van der Waals surface area contributed by atoms with Gasteiger partial charge >= 0.3 is 5.97 Å². The molecule has 1 aromatic rings. The summed E-state index contributed by atoms with van der Waals surface area (Å²) in [5.41, 5.74) is 6.97. The van der Waals surface area contributed by atoms with Gasteiger partial charge in [-0.05, 0) is 30.5 Å². The molecule has 0 aliphatic heterocycles. The molecule has 1 aliphatic carbocycles. The molecule has 0 spiro atoms. The van der Waals surface area contributed by atoms with Gasteiger partial charge < -0.3 is 16.2 Å². The van der Waals surface area contributed by atoms with Crippen molar-refractivity contribution in [3.8, 4) is 0 Å². The smallest absolute Gasteiger partial charge is 0.337 e. The van der Waals surface area contributed by atoms with Crippen molar-refractivity contribution >= 4 is 17.3 Å². The van der Waals surface area contributed by atoms with Gasteiger partial charge in [-0.15, -0.1) is 0 Å². The second-order valence-electron chi connectivity index (χ2n) is 4.62. The molecule has 0 amide bonds. The average molecular weight is 234 g/mol. The lowest BCUT2D eigenvalue weighted by molar-refractivity contribution is 0.0698. The summed E-state index contributed by atoms with van der Waals surface area (Å²) in [7, 11) is 0. The minimum Gasteiger partial charge on any atom is -0.478 e. The van der Waals surface area contributed by atoms with Gasteiger partial charge in [0.15, 0.2) is 0 Å². The Balaban J connectivity index is 1.96. The number of rotatable bonds is 5. The van der Waals surface area contributed by atoms with E-state index in [2.05, 4.69) is 5.32 Å². The first-order valence-electron chi connectivity index (χ1n) is 6.03. The fraction of sp³-hybridized carbons (Fsp3) is 0.462. The van der Waals surface area contributed by atoms with Crippen LogP contribution < -0.4 is 11.1 Å². The quantitative estimate of drug-likeness (QED) is 0.684. The van der Waals surface area contributed by atoms with Crippen LogP contribution in [-0.4, -0.2) is 17.6 Å². The van der Waals surface area contributed by atoms with Crippen molar-refractivity contribution in [2.24, 2.45) is 5.92 Å². The molecule has 1 aromatic carbocycles. The largest absolute Gasteiger partial charge is 0.478 e. The van der Waals surface area contributed by atoms with Gasteiger partial charge in [0.1, 0.15) is 0 Å². The Morgan fingerprint density at radius 1 is 1.47 bits per heavy atom. The predicted octanol–water partition coefficient (Wildman–Crippen LogP) is 2.57. The van der Waals surface area contributed by atoms with Crippen LogP contribution in [0, 0.1) is 5.92 Å². The topological polar surface area (TPSA) is 75.3 Å². The van der Waals surface area contributed by atoms with Crippen LogP contribution in [0.15, 0.2) is 18.2 Å². The van der Waals surface area contributed by atoms with E-state index in [1.54, 1.807) is 12.1 Å². The van der Waals surface area contributed by atoms with Gasteiger partial charge in [-0.3, -0.25) is 0 Å². The molecule has 0 heterocycles. The van der Waals surface area contributed by atoms with E-state index in [1.807, 2.05) is 0 Å². The second-order valence-corrected chi connectivity index (χ2v) is 4.62. The molecule has 4 N–H and O–H groups in total. The van der Waals surface area contributed by atoms with E-state index in [0.29, 0.717) is 11.4 Å². The third kappa shape index (κ3) is 2.90. The fourth-order valence-electron chi connectivity index (χ4n) is 2.09. The van der Waals surface area contributed by atoms with Crippen LogP contribution in [0.3, 0.4) is 0 Å². The zero-order chi connectivity index (χ0) is 12.3. The molecule has 0 bridgehead atoms. The minimum atomic E-state index is -0.941. The lowest BCUT2D eigenvalue weighted by atomic mass is 9.83. The average Bonchev–Trinajstić information content (AvgIpc) is 2.23. The highest BCUT2D eigenvalue weighted by Gasteiger charge is 2.17. The zero-order valence-electron chi connectivity index (χ0n) is 9.78. The first-order valence-corrected chi connectivity index (χ1v) is 6.03. The van der Waals surface area contributed by atoms with E-state index in [0.717, 1.165) is 18.9 Å². The SMILES string of the molecule is Nc1ccc(NCCC2CCC2)c(C(=O)O)c1. The highest BCUT2D eigenvalue weighted by molar-refractivity contribution is 5.95. The maximum Gasteiger partial charge on any atom is 0.337 e. The van der Waals surface area contributed by atoms with Gasteiger partial charge in [-0.1, -0.05) is 19.3 Å². The molecule has 0 aromatic heterocycles. The monoisotopic (exact) mass is 234 g/mol. The Bertz CT molecular complexity index is 414. The Morgan fingerprint density at radius 2 is 2.24 bits per heavy atom. The number of carbonyl (C=O) groups is 1. The maximum atomic E-state index is 11.0. The summed E-state index contributed by atoms with van der Waals surface area (Å²) in [6.45, 7) is 0.828. The van der Waals surface area contributed by atoms with Crippen LogP contribution in [-0.2, 0) is 0 Å². The van der Waals surface area contributed by atoms with Crippen LogP contribution >= 0.6 is 0 Å². The highest BCUT2D eigenvalue weighted by atomic mass is 16.4. The predicted molar refractivity (Wildman–Crippen MR) is 68.3 cm³/mol. The molecule has 17 heavy (non-hydrogen) atoms. The molecule has 1 aliphatic rings. The first kappa shape index (κ1) is 11.8. The fourth-order valence-corrected chi connectivity index (χ4v) is 2.09. The van der Waals surface area contributed by atoms with Gasteiger partial charge in [0, 0.05) is 17.9 Å². The number of anilines is 2. The number of aromatic carboxylic acids is 1. The molecule has 0 unspecified atom stereocenters. The summed E-state index contributed by atoms with van der Waals surface area (Å²) in [5.74, 6) is -0.118. The van der Waals surface area contributed by atoms with Crippen molar-refractivity contribution in [3.05, 3.63) is 23.8 Å². The molecule has 4 nitrogen and oxygen atoms in total. The van der Waals surface area contributed by atoms with Crippen LogP contribution in [0.2, 0.25) is 0 Å². The Morgan fingerprint density at radius 3 is 2.82 bits per heavy atom. The van der Waals surface area contributed by atoms with E-state index < -0.39 is 5.97 Å². The number of hydrogen-bond acceptors (Lipinski definition) is 3. The number of hydrogen-bond donors (Lipinski definition) is 3. The Kier molecular flexibility index (Phi) is 3.52. The second kappa shape index (κ2) is 5.08. The Labute approximate surface area is 101 Å². The molecule has 92 valence electrons. The van der Waals surface area contributed by atoms with Gasteiger partial charge in [0.05, 0.1) is 5.56 Å². The van der Waals surface area contributed by atoms with E-state index in [-0.39, 0.29) is 5.56 Å². The van der Waals surface area contributed by atoms with Crippen molar-refractivity contribution < 1.29 is 9.90 Å². The third-order valence-electron chi connectivity index (χ3n) is 3.37. The molecule has 4 heteroatoms. The van der Waals surface area contributed by atoms with Crippen molar-refractivity contribution in [2.75, 3.05) is 17.6 Å². The number of nitrogens with two attached hydrogens (primary N) is 1. The lowest BCUT2D eigenvalue weighted by Gasteiger charge is -2.25. The third-order valence-corrected chi connectivity index (χ3v) is 3.37. The molecule has 1 saturated carbocycles. The van der Waals surface area contributed by atoms with E-state index >= 15 is 0 Å². The Hall–Kier alpha value is -1.71. The molecule has 0 atom stereocenters. The number of benzene rings is 1. The van der Waals surface area contributed by atoms with Gasteiger partial charge in [0.2, 0.25) is 0 Å². The zero-order valence-corrected chi connectivity index (χ0v) is 9.78. The van der Waals surface area contributed by atoms with E-state index in [1.165, 1.54) is 25.3 Å². The summed E-state index contributed by atoms with van der Waals surface area (Å²) in [4.78, 5) is 11.0. The van der Waals surface area contributed by atoms with Crippen LogP contribution in [0.5, 0.6) is 0 Å². The van der Waals surface area contributed by atoms with Crippen molar-refractivity contribution in [1.29, 1.82) is 0 Å². The van der Waals surface area contributed by atoms with Gasteiger partial charge in [-0.25, -0.2) is 4.79 Å². The van der Waals surface area contributed by atoms with Crippen molar-refractivity contribution in [3.63, 3.8) is 0 Å². The molecule has 0 radical (unpaired) electrons. The molecule has 1 fully saturated rings. The van der Waals surface area contributed by atoms with Crippen molar-refractivity contribution in [2.45, 2.75) is 25.7 Å². The summed E-state index contributed by atoms with van der Waals surface area (Å²) in [5, 5.41) is 12.2. The van der Waals surface area contributed by atoms with E-state index in [9.17, 15) is 4.79 Å². The molecular weight excluding hydrogens is 216 g/mol. The molecule has 2 rings (SSSR count). The molecule has 0 saturated heterocycles. The molecular formula is C13H18N2O2. The maximum absolute atomic E-state index is 11.0. The van der Waals surface area contributed by atoms with Gasteiger partial charge in [0.25, 0.3) is 0 Å². The van der Waals surface area contributed by atoms with Crippen LogP contribution in [0.25, 0.3) is 0 Å².